The number of aryl methyl sites for hydroxylation is 2. The topological polar surface area (TPSA) is 71.8 Å². The number of thiazole rings is 1. The second kappa shape index (κ2) is 5.63. The van der Waals surface area contributed by atoms with Crippen LogP contribution in [0.4, 0.5) is 10.5 Å². The first-order valence-electron chi connectivity index (χ1n) is 5.65. The van der Waals surface area contributed by atoms with Gasteiger partial charge in [-0.2, -0.15) is 5.10 Å². The Balaban J connectivity index is 1.81. The summed E-state index contributed by atoms with van der Waals surface area (Å²) in [6, 6.07) is -0.251. The van der Waals surface area contributed by atoms with Crippen LogP contribution in [-0.4, -0.2) is 20.8 Å². The third kappa shape index (κ3) is 3.30. The van der Waals surface area contributed by atoms with Gasteiger partial charge in [-0.15, -0.1) is 11.3 Å². The van der Waals surface area contributed by atoms with Gasteiger partial charge in [-0.1, -0.05) is 0 Å². The molecule has 18 heavy (non-hydrogen) atoms. The smallest absolute Gasteiger partial charge is 0.319 e. The van der Waals surface area contributed by atoms with Gasteiger partial charge in [0, 0.05) is 23.8 Å². The average Bonchev–Trinajstić information content (AvgIpc) is 2.95. The van der Waals surface area contributed by atoms with Crippen molar-refractivity contribution in [3.8, 4) is 0 Å². The SMILES string of the molecule is CCn1cc(NC(=O)NCc2nc(C)cs2)cn1. The van der Waals surface area contributed by atoms with Crippen LogP contribution in [0.25, 0.3) is 0 Å². The maximum Gasteiger partial charge on any atom is 0.319 e. The van der Waals surface area contributed by atoms with E-state index in [0.717, 1.165) is 17.2 Å². The number of carbonyl (C=O) groups excluding carboxylic acids is 1. The van der Waals surface area contributed by atoms with E-state index in [1.807, 2.05) is 19.2 Å². The summed E-state index contributed by atoms with van der Waals surface area (Å²) in [5.74, 6) is 0. The van der Waals surface area contributed by atoms with Crippen LogP contribution in [-0.2, 0) is 13.1 Å². The fourth-order valence-corrected chi connectivity index (χ4v) is 2.13. The first kappa shape index (κ1) is 12.6. The maximum absolute atomic E-state index is 11.6. The lowest BCUT2D eigenvalue weighted by Gasteiger charge is -2.03. The van der Waals surface area contributed by atoms with E-state index in [4.69, 9.17) is 0 Å². The van der Waals surface area contributed by atoms with Crippen molar-refractivity contribution >= 4 is 23.1 Å². The van der Waals surface area contributed by atoms with E-state index in [1.165, 1.54) is 11.3 Å². The highest BCUT2D eigenvalue weighted by Crippen LogP contribution is 2.08. The second-order valence-electron chi connectivity index (χ2n) is 3.78. The molecule has 2 aromatic rings. The number of nitrogens with one attached hydrogen (secondary N) is 2. The van der Waals surface area contributed by atoms with Crippen LogP contribution in [0.15, 0.2) is 17.8 Å². The van der Waals surface area contributed by atoms with Gasteiger partial charge in [0.2, 0.25) is 0 Å². The minimum Gasteiger partial charge on any atom is -0.331 e. The number of amides is 2. The molecular formula is C11H15N5OS. The number of aromatic nitrogens is 3. The summed E-state index contributed by atoms with van der Waals surface area (Å²) >= 11 is 1.54. The van der Waals surface area contributed by atoms with Gasteiger partial charge in [-0.25, -0.2) is 9.78 Å². The third-order valence-corrected chi connectivity index (χ3v) is 3.25. The average molecular weight is 265 g/mol. The van der Waals surface area contributed by atoms with E-state index in [1.54, 1.807) is 17.1 Å². The van der Waals surface area contributed by atoms with Crippen LogP contribution in [0.1, 0.15) is 17.6 Å². The van der Waals surface area contributed by atoms with E-state index in [0.29, 0.717) is 12.2 Å². The van der Waals surface area contributed by atoms with E-state index >= 15 is 0 Å². The number of rotatable bonds is 4. The fourth-order valence-electron chi connectivity index (χ4n) is 1.42. The van der Waals surface area contributed by atoms with Gasteiger partial charge in [0.15, 0.2) is 0 Å². The standard InChI is InChI=1S/C11H15N5OS/c1-3-16-6-9(4-13-16)15-11(17)12-5-10-14-8(2)7-18-10/h4,6-7H,3,5H2,1-2H3,(H2,12,15,17). The second-order valence-corrected chi connectivity index (χ2v) is 4.72. The van der Waals surface area contributed by atoms with E-state index in [2.05, 4.69) is 20.7 Å². The molecule has 2 N–H and O–H groups in total. The van der Waals surface area contributed by atoms with Gasteiger partial charge in [0.1, 0.15) is 5.01 Å². The molecule has 0 aliphatic carbocycles. The van der Waals surface area contributed by atoms with Crippen LogP contribution in [0.2, 0.25) is 0 Å². The molecule has 0 aliphatic heterocycles. The van der Waals surface area contributed by atoms with Gasteiger partial charge in [0.05, 0.1) is 18.4 Å². The van der Waals surface area contributed by atoms with Crippen molar-refractivity contribution < 1.29 is 4.79 Å². The molecule has 0 atom stereocenters. The molecule has 0 aromatic carbocycles. The molecule has 0 saturated heterocycles. The highest BCUT2D eigenvalue weighted by molar-refractivity contribution is 7.09. The number of hydrogen-bond donors (Lipinski definition) is 2. The first-order valence-corrected chi connectivity index (χ1v) is 6.53. The summed E-state index contributed by atoms with van der Waals surface area (Å²) in [5, 5.41) is 12.4. The Kier molecular flexibility index (Phi) is 3.93. The van der Waals surface area contributed by atoms with Crippen molar-refractivity contribution in [2.45, 2.75) is 26.9 Å². The number of urea groups is 1. The molecule has 2 amide bonds. The Labute approximate surface area is 109 Å². The Morgan fingerprint density at radius 3 is 3.00 bits per heavy atom. The molecule has 0 bridgehead atoms. The lowest BCUT2D eigenvalue weighted by Crippen LogP contribution is -2.27. The van der Waals surface area contributed by atoms with Crippen LogP contribution < -0.4 is 10.6 Å². The molecule has 0 fully saturated rings. The Bertz CT molecular complexity index is 533. The lowest BCUT2D eigenvalue weighted by molar-refractivity contribution is 0.251. The van der Waals surface area contributed by atoms with Crippen molar-refractivity contribution in [3.05, 3.63) is 28.5 Å². The predicted molar refractivity (Wildman–Crippen MR) is 70.6 cm³/mol. The van der Waals surface area contributed by atoms with Gasteiger partial charge >= 0.3 is 6.03 Å². The minimum absolute atomic E-state index is 0.251. The van der Waals surface area contributed by atoms with Crippen molar-refractivity contribution in [1.29, 1.82) is 0 Å². The van der Waals surface area contributed by atoms with Crippen LogP contribution in [0.5, 0.6) is 0 Å². The molecule has 2 heterocycles. The third-order valence-electron chi connectivity index (χ3n) is 2.28. The van der Waals surface area contributed by atoms with Crippen molar-refractivity contribution in [1.82, 2.24) is 20.1 Å². The largest absolute Gasteiger partial charge is 0.331 e. The Morgan fingerprint density at radius 1 is 1.56 bits per heavy atom. The van der Waals surface area contributed by atoms with Crippen molar-refractivity contribution in [2.24, 2.45) is 0 Å². The van der Waals surface area contributed by atoms with Crippen LogP contribution in [0, 0.1) is 6.92 Å². The summed E-state index contributed by atoms with van der Waals surface area (Å²) in [5.41, 5.74) is 1.66. The normalized spacial score (nSPS) is 10.3. The number of hydrogen-bond acceptors (Lipinski definition) is 4. The molecule has 0 spiro atoms. The molecule has 2 aromatic heterocycles. The molecule has 2 rings (SSSR count). The van der Waals surface area contributed by atoms with Crippen molar-refractivity contribution in [2.75, 3.05) is 5.32 Å². The zero-order chi connectivity index (χ0) is 13.0. The summed E-state index contributed by atoms with van der Waals surface area (Å²) in [6.07, 6.45) is 3.41. The molecule has 6 nitrogen and oxygen atoms in total. The number of nitrogens with zero attached hydrogens (tertiary/aromatic N) is 3. The van der Waals surface area contributed by atoms with Gasteiger partial charge in [-0.3, -0.25) is 4.68 Å². The molecule has 0 saturated carbocycles. The summed E-state index contributed by atoms with van der Waals surface area (Å²) < 4.78 is 1.75. The predicted octanol–water partition coefficient (Wildman–Crippen LogP) is 1.99. The number of anilines is 1. The molecule has 0 radical (unpaired) electrons. The lowest BCUT2D eigenvalue weighted by atomic mass is 10.5. The summed E-state index contributed by atoms with van der Waals surface area (Å²) in [6.45, 7) is 5.13. The zero-order valence-electron chi connectivity index (χ0n) is 10.3. The minimum atomic E-state index is -0.251. The molecule has 0 unspecified atom stereocenters. The summed E-state index contributed by atoms with van der Waals surface area (Å²) in [4.78, 5) is 15.9. The highest BCUT2D eigenvalue weighted by atomic mass is 32.1. The van der Waals surface area contributed by atoms with Crippen molar-refractivity contribution in [3.63, 3.8) is 0 Å². The monoisotopic (exact) mass is 265 g/mol. The molecular weight excluding hydrogens is 250 g/mol. The Hall–Kier alpha value is -1.89. The van der Waals surface area contributed by atoms with Gasteiger partial charge in [0.25, 0.3) is 0 Å². The molecule has 7 heteroatoms. The van der Waals surface area contributed by atoms with E-state index in [9.17, 15) is 4.79 Å². The van der Waals surface area contributed by atoms with Gasteiger partial charge in [-0.05, 0) is 13.8 Å². The molecule has 96 valence electrons. The quantitative estimate of drug-likeness (QED) is 0.888. The first-order chi connectivity index (χ1) is 8.67. The zero-order valence-corrected chi connectivity index (χ0v) is 11.1. The van der Waals surface area contributed by atoms with E-state index < -0.39 is 0 Å². The Morgan fingerprint density at radius 2 is 2.39 bits per heavy atom. The highest BCUT2D eigenvalue weighted by Gasteiger charge is 2.05. The number of carbonyl (C=O) groups is 1. The van der Waals surface area contributed by atoms with Crippen LogP contribution >= 0.6 is 11.3 Å². The van der Waals surface area contributed by atoms with Crippen LogP contribution in [0.3, 0.4) is 0 Å². The fraction of sp³-hybridized carbons (Fsp3) is 0.364. The maximum atomic E-state index is 11.6. The van der Waals surface area contributed by atoms with Gasteiger partial charge < -0.3 is 10.6 Å². The van der Waals surface area contributed by atoms with E-state index in [-0.39, 0.29) is 6.03 Å². The summed E-state index contributed by atoms with van der Waals surface area (Å²) in [7, 11) is 0. The molecule has 0 aliphatic rings.